The van der Waals surface area contributed by atoms with E-state index in [1.165, 1.54) is 61.0 Å². The molecule has 0 saturated heterocycles. The van der Waals surface area contributed by atoms with Crippen molar-refractivity contribution >= 4 is 17.7 Å². The van der Waals surface area contributed by atoms with Crippen LogP contribution < -0.4 is 0 Å². The molecule has 0 aliphatic carbocycles. The number of benzene rings is 2. The third-order valence-corrected chi connectivity index (χ3v) is 9.91. The number of phenols is 2. The summed E-state index contributed by atoms with van der Waals surface area (Å²) in [4.78, 5) is 12.7. The van der Waals surface area contributed by atoms with E-state index in [2.05, 4.69) is 32.0 Å². The number of rotatable bonds is 17. The van der Waals surface area contributed by atoms with E-state index in [1.807, 2.05) is 23.9 Å². The van der Waals surface area contributed by atoms with Crippen LogP contribution in [0.1, 0.15) is 121 Å². The number of unbranched alkanes of at least 4 members (excludes halogenated alkanes) is 9. The molecule has 38 heavy (non-hydrogen) atoms. The Morgan fingerprint density at radius 3 is 2.08 bits per heavy atom. The number of fused-ring (bicyclic) bond motifs is 1. The van der Waals surface area contributed by atoms with Crippen LogP contribution in [0.4, 0.5) is 0 Å². The molecule has 0 radical (unpaired) electrons. The first-order valence-corrected chi connectivity index (χ1v) is 15.8. The van der Waals surface area contributed by atoms with Crippen molar-refractivity contribution in [3.63, 3.8) is 0 Å². The fourth-order valence-electron chi connectivity index (χ4n) is 6.04. The summed E-state index contributed by atoms with van der Waals surface area (Å²) in [6.45, 7) is 4.53. The second-order valence-electron chi connectivity index (χ2n) is 11.5. The number of carbonyl (C=O) groups is 1. The van der Waals surface area contributed by atoms with Gasteiger partial charge < -0.3 is 15.3 Å². The van der Waals surface area contributed by atoms with Gasteiger partial charge in [-0.15, -0.1) is 11.8 Å². The zero-order valence-corrected chi connectivity index (χ0v) is 24.3. The van der Waals surface area contributed by atoms with E-state index >= 15 is 0 Å². The molecule has 3 N–H and O–H groups in total. The summed E-state index contributed by atoms with van der Waals surface area (Å²) < 4.78 is 0. The molecule has 0 amide bonds. The van der Waals surface area contributed by atoms with Gasteiger partial charge in [0, 0.05) is 16.1 Å². The molecule has 0 saturated carbocycles. The molecular weight excluding hydrogens is 492 g/mol. The summed E-state index contributed by atoms with van der Waals surface area (Å²) in [5.41, 5.74) is 2.56. The van der Waals surface area contributed by atoms with Gasteiger partial charge in [-0.25, -0.2) is 0 Å². The Morgan fingerprint density at radius 1 is 0.868 bits per heavy atom. The lowest BCUT2D eigenvalue weighted by molar-refractivity contribution is -0.142. The van der Waals surface area contributed by atoms with Gasteiger partial charge in [0.1, 0.15) is 11.5 Å². The highest BCUT2D eigenvalue weighted by atomic mass is 32.2. The minimum absolute atomic E-state index is 0.0282. The van der Waals surface area contributed by atoms with Crippen LogP contribution in [-0.4, -0.2) is 27.0 Å². The summed E-state index contributed by atoms with van der Waals surface area (Å²) >= 11 is 1.82. The lowest BCUT2D eigenvalue weighted by Crippen LogP contribution is -2.36. The molecule has 5 heteroatoms. The Bertz CT molecular complexity index is 989. The molecule has 1 heterocycles. The second-order valence-corrected chi connectivity index (χ2v) is 12.5. The topological polar surface area (TPSA) is 77.8 Å². The van der Waals surface area contributed by atoms with Crippen LogP contribution in [0.25, 0.3) is 0 Å². The smallest absolute Gasteiger partial charge is 0.306 e. The lowest BCUT2D eigenvalue weighted by atomic mass is 9.68. The van der Waals surface area contributed by atoms with Crippen LogP contribution >= 0.6 is 11.8 Å². The number of carboxylic acid groups (broad SMARTS) is 1. The molecule has 210 valence electrons. The molecule has 2 aromatic rings. The zero-order chi connectivity index (χ0) is 27.4. The first kappa shape index (κ1) is 30.4. The molecule has 1 aliphatic heterocycles. The number of thioether (sulfide) groups is 1. The summed E-state index contributed by atoms with van der Waals surface area (Å²) in [7, 11) is 0. The second kappa shape index (κ2) is 15.5. The molecule has 3 atom stereocenters. The number of hydrogen-bond donors (Lipinski definition) is 3. The van der Waals surface area contributed by atoms with Crippen LogP contribution in [0.15, 0.2) is 47.4 Å². The third-order valence-electron chi connectivity index (χ3n) is 8.50. The van der Waals surface area contributed by atoms with Crippen molar-refractivity contribution in [1.29, 1.82) is 0 Å². The van der Waals surface area contributed by atoms with E-state index < -0.39 is 5.97 Å². The van der Waals surface area contributed by atoms with Crippen molar-refractivity contribution in [3.8, 4) is 11.5 Å². The van der Waals surface area contributed by atoms with Gasteiger partial charge in [-0.05, 0) is 60.6 Å². The molecule has 0 bridgehead atoms. The highest BCUT2D eigenvalue weighted by Crippen LogP contribution is 2.52. The standard InChI is InChI=1S/C33H48O4S/c1-3-4-5-11-14-25(32(36)37)15-12-9-7-6-8-10-13-16-30-29-22-21-28(35)23-31(29)38-24-33(30,2)26-17-19-27(34)20-18-26/h17-23,25,30,34-35H,3-16,24H2,1-2H3,(H,36,37). The Kier molecular flexibility index (Phi) is 12.4. The first-order valence-electron chi connectivity index (χ1n) is 14.8. The fraction of sp³-hybridized carbons (Fsp3) is 0.606. The molecule has 0 fully saturated rings. The molecule has 0 spiro atoms. The fourth-order valence-corrected chi connectivity index (χ4v) is 7.44. The highest BCUT2D eigenvalue weighted by molar-refractivity contribution is 7.99. The van der Waals surface area contributed by atoms with Crippen molar-refractivity contribution in [2.75, 3.05) is 5.75 Å². The van der Waals surface area contributed by atoms with Crippen LogP contribution in [0.2, 0.25) is 0 Å². The average Bonchev–Trinajstić information content (AvgIpc) is 2.90. The van der Waals surface area contributed by atoms with E-state index in [0.717, 1.165) is 50.7 Å². The largest absolute Gasteiger partial charge is 0.508 e. The van der Waals surface area contributed by atoms with E-state index in [-0.39, 0.29) is 11.3 Å². The minimum Gasteiger partial charge on any atom is -0.508 e. The third kappa shape index (κ3) is 8.69. The molecule has 3 rings (SSSR count). The molecule has 3 unspecified atom stereocenters. The quantitative estimate of drug-likeness (QED) is 0.174. The van der Waals surface area contributed by atoms with E-state index in [9.17, 15) is 20.1 Å². The van der Waals surface area contributed by atoms with Crippen molar-refractivity contribution < 1.29 is 20.1 Å². The van der Waals surface area contributed by atoms with Gasteiger partial charge >= 0.3 is 5.97 Å². The predicted octanol–water partition coefficient (Wildman–Crippen LogP) is 9.43. The Balaban J connectivity index is 1.44. The SMILES string of the molecule is CCCCCCC(CCCCCCCCCC1c2ccc(O)cc2SCC1(C)c1ccc(O)cc1)C(=O)O. The van der Waals surface area contributed by atoms with Crippen LogP contribution in [-0.2, 0) is 10.2 Å². The average molecular weight is 541 g/mol. The molecular formula is C33H48O4S. The van der Waals surface area contributed by atoms with Gasteiger partial charge in [-0.1, -0.05) is 103 Å². The summed E-state index contributed by atoms with van der Waals surface area (Å²) in [5, 5.41) is 29.4. The van der Waals surface area contributed by atoms with Gasteiger partial charge in [0.05, 0.1) is 5.92 Å². The zero-order valence-electron chi connectivity index (χ0n) is 23.5. The number of phenolic OH excluding ortho intramolecular Hbond substituents is 2. The Hall–Kier alpha value is -2.14. The van der Waals surface area contributed by atoms with Crippen LogP contribution in [0.5, 0.6) is 11.5 Å². The normalized spacial score (nSPS) is 19.7. The van der Waals surface area contributed by atoms with E-state index in [0.29, 0.717) is 17.4 Å². The van der Waals surface area contributed by atoms with Gasteiger partial charge in [0.2, 0.25) is 0 Å². The van der Waals surface area contributed by atoms with E-state index in [4.69, 9.17) is 0 Å². The number of aromatic hydroxyl groups is 2. The predicted molar refractivity (Wildman–Crippen MR) is 158 cm³/mol. The number of carboxylic acids is 1. The molecule has 2 aromatic carbocycles. The van der Waals surface area contributed by atoms with Crippen LogP contribution in [0.3, 0.4) is 0 Å². The Labute approximate surface area is 234 Å². The maximum absolute atomic E-state index is 11.6. The van der Waals surface area contributed by atoms with Crippen molar-refractivity contribution in [2.24, 2.45) is 5.92 Å². The highest BCUT2D eigenvalue weighted by Gasteiger charge is 2.41. The van der Waals surface area contributed by atoms with Crippen molar-refractivity contribution in [3.05, 3.63) is 53.6 Å². The summed E-state index contributed by atoms with van der Waals surface area (Å²) in [6, 6.07) is 13.5. The number of aliphatic carboxylic acids is 1. The summed E-state index contributed by atoms with van der Waals surface area (Å²) in [6.07, 6.45) is 15.5. The summed E-state index contributed by atoms with van der Waals surface area (Å²) in [5.74, 6) is 1.18. The molecule has 1 aliphatic rings. The van der Waals surface area contributed by atoms with Gasteiger partial charge in [0.25, 0.3) is 0 Å². The maximum atomic E-state index is 11.6. The van der Waals surface area contributed by atoms with Gasteiger partial charge in [0.15, 0.2) is 0 Å². The number of hydrogen-bond acceptors (Lipinski definition) is 4. The first-order chi connectivity index (χ1) is 18.3. The Morgan fingerprint density at radius 2 is 1.45 bits per heavy atom. The minimum atomic E-state index is -0.612. The molecule has 4 nitrogen and oxygen atoms in total. The van der Waals surface area contributed by atoms with Gasteiger partial charge in [-0.2, -0.15) is 0 Å². The van der Waals surface area contributed by atoms with Crippen molar-refractivity contribution in [2.45, 2.75) is 120 Å². The van der Waals surface area contributed by atoms with Crippen LogP contribution in [0, 0.1) is 5.92 Å². The van der Waals surface area contributed by atoms with Crippen molar-refractivity contribution in [1.82, 2.24) is 0 Å². The van der Waals surface area contributed by atoms with E-state index in [1.54, 1.807) is 12.1 Å². The molecule has 0 aromatic heterocycles. The monoisotopic (exact) mass is 540 g/mol. The maximum Gasteiger partial charge on any atom is 0.306 e. The lowest BCUT2D eigenvalue weighted by Gasteiger charge is -2.43. The van der Waals surface area contributed by atoms with Gasteiger partial charge in [-0.3, -0.25) is 4.79 Å².